The van der Waals surface area contributed by atoms with E-state index in [1.807, 2.05) is 6.92 Å². The number of aliphatic hydroxyl groups is 1. The van der Waals surface area contributed by atoms with Gasteiger partial charge in [-0.25, -0.2) is 0 Å². The molecule has 0 unspecified atom stereocenters. The summed E-state index contributed by atoms with van der Waals surface area (Å²) < 4.78 is 0. The first-order chi connectivity index (χ1) is 15.6. The van der Waals surface area contributed by atoms with E-state index >= 15 is 0 Å². The van der Waals surface area contributed by atoms with Crippen LogP contribution >= 0.6 is 0 Å². The number of aliphatic hydroxyl groups excluding tert-OH is 1. The second-order valence-electron chi connectivity index (χ2n) is 14.7. The van der Waals surface area contributed by atoms with Gasteiger partial charge < -0.3 is 10.2 Å². The van der Waals surface area contributed by atoms with Gasteiger partial charge in [0, 0.05) is 17.3 Å². The number of carboxylic acid groups (broad SMARTS) is 1. The third-order valence-electron chi connectivity index (χ3n) is 13.1. The van der Waals surface area contributed by atoms with E-state index in [1.165, 1.54) is 5.57 Å². The Hall–Kier alpha value is -1.16. The minimum atomic E-state index is -0.711. The van der Waals surface area contributed by atoms with E-state index in [0.717, 1.165) is 44.9 Å². The lowest BCUT2D eigenvalue weighted by Gasteiger charge is -2.70. The number of fused-ring (bicyclic) bond motifs is 6. The Labute approximate surface area is 206 Å². The van der Waals surface area contributed by atoms with Gasteiger partial charge in [-0.3, -0.25) is 9.59 Å². The number of Topliss-reactive ketones (excluding diaryl/α,β-unsaturated/α-hetero) is 1. The van der Waals surface area contributed by atoms with Crippen molar-refractivity contribution in [1.29, 1.82) is 0 Å². The van der Waals surface area contributed by atoms with Crippen molar-refractivity contribution in [3.05, 3.63) is 11.1 Å². The van der Waals surface area contributed by atoms with Crippen LogP contribution in [-0.4, -0.2) is 28.1 Å². The summed E-state index contributed by atoms with van der Waals surface area (Å²) in [5.41, 5.74) is 1.60. The number of allylic oxidation sites excluding steroid dienone is 1. The van der Waals surface area contributed by atoms with Crippen LogP contribution in [0.3, 0.4) is 0 Å². The minimum Gasteiger partial charge on any atom is -0.481 e. The molecule has 0 bridgehead atoms. The molecule has 0 heterocycles. The first-order valence-corrected chi connectivity index (χ1v) is 13.7. The summed E-state index contributed by atoms with van der Waals surface area (Å²) in [6.07, 6.45) is 8.31. The number of carboxylic acids is 1. The topological polar surface area (TPSA) is 74.6 Å². The standard InChI is InChI=1S/C30H46O4/c1-25(2)20-9-8-18-19(28(20,5)11-10-22(25)31)16-23(32)30(7)21-17-27(4,24(33)34)13-12-26(21,3)14-15-29(18,30)6/h20-21,23,32H,8-17H2,1-7H3,(H,33,34)/t20-,21+,23+,26+,27+,28+,29+,30+/m0/s1. The maximum Gasteiger partial charge on any atom is 0.309 e. The molecule has 34 heavy (non-hydrogen) atoms. The van der Waals surface area contributed by atoms with E-state index in [2.05, 4.69) is 41.5 Å². The van der Waals surface area contributed by atoms with Crippen molar-refractivity contribution in [2.75, 3.05) is 0 Å². The lowest BCUT2D eigenvalue weighted by Crippen LogP contribution is -2.65. The van der Waals surface area contributed by atoms with Crippen molar-refractivity contribution < 1.29 is 19.8 Å². The Morgan fingerprint density at radius 1 is 0.853 bits per heavy atom. The smallest absolute Gasteiger partial charge is 0.309 e. The molecule has 2 N–H and O–H groups in total. The van der Waals surface area contributed by atoms with Gasteiger partial charge in [0.25, 0.3) is 0 Å². The molecule has 190 valence electrons. The van der Waals surface area contributed by atoms with Gasteiger partial charge >= 0.3 is 5.97 Å². The predicted molar refractivity (Wildman–Crippen MR) is 133 cm³/mol. The monoisotopic (exact) mass is 470 g/mol. The summed E-state index contributed by atoms with van der Waals surface area (Å²) in [4.78, 5) is 25.2. The quantitative estimate of drug-likeness (QED) is 0.426. The number of hydrogen-bond donors (Lipinski definition) is 2. The lowest BCUT2D eigenvalue weighted by molar-refractivity contribution is -0.203. The highest BCUT2D eigenvalue weighted by atomic mass is 16.4. The molecular formula is C30H46O4. The second kappa shape index (κ2) is 6.99. The van der Waals surface area contributed by atoms with Crippen LogP contribution in [0.25, 0.3) is 0 Å². The predicted octanol–water partition coefficient (Wildman–Crippen LogP) is 6.56. The summed E-state index contributed by atoms with van der Waals surface area (Å²) in [6, 6.07) is 0. The van der Waals surface area contributed by atoms with Gasteiger partial charge in [-0.15, -0.1) is 0 Å². The Balaban J connectivity index is 1.63. The fourth-order valence-electron chi connectivity index (χ4n) is 10.3. The van der Waals surface area contributed by atoms with Crippen LogP contribution in [0, 0.1) is 44.3 Å². The average molecular weight is 471 g/mol. The minimum absolute atomic E-state index is 0.0286. The third kappa shape index (κ3) is 2.75. The third-order valence-corrected chi connectivity index (χ3v) is 13.1. The Morgan fingerprint density at radius 3 is 2.15 bits per heavy atom. The van der Waals surface area contributed by atoms with E-state index in [9.17, 15) is 19.8 Å². The summed E-state index contributed by atoms with van der Waals surface area (Å²) in [6.45, 7) is 15.7. The van der Waals surface area contributed by atoms with Gasteiger partial charge in [-0.05, 0) is 92.8 Å². The van der Waals surface area contributed by atoms with Crippen molar-refractivity contribution in [2.45, 2.75) is 119 Å². The first kappa shape index (κ1) is 24.5. The van der Waals surface area contributed by atoms with Crippen molar-refractivity contribution >= 4 is 11.8 Å². The zero-order valence-corrected chi connectivity index (χ0v) is 22.5. The molecule has 4 heteroatoms. The van der Waals surface area contributed by atoms with Gasteiger partial charge in [-0.2, -0.15) is 0 Å². The molecule has 3 fully saturated rings. The summed E-state index contributed by atoms with van der Waals surface area (Å²) in [5.74, 6) is 0.235. The highest BCUT2D eigenvalue weighted by Crippen LogP contribution is 2.74. The van der Waals surface area contributed by atoms with Crippen LogP contribution in [0.4, 0.5) is 0 Å². The summed E-state index contributed by atoms with van der Waals surface area (Å²) in [7, 11) is 0. The highest BCUT2D eigenvalue weighted by Gasteiger charge is 2.69. The zero-order chi connectivity index (χ0) is 25.1. The molecule has 0 aromatic rings. The number of carbonyl (C=O) groups is 2. The molecule has 0 radical (unpaired) electrons. The maximum absolute atomic E-state index is 12.9. The number of rotatable bonds is 1. The van der Waals surface area contributed by atoms with Crippen molar-refractivity contribution in [3.63, 3.8) is 0 Å². The van der Waals surface area contributed by atoms with Crippen LogP contribution < -0.4 is 0 Å². The van der Waals surface area contributed by atoms with Crippen LogP contribution in [-0.2, 0) is 9.59 Å². The fourth-order valence-corrected chi connectivity index (χ4v) is 10.3. The Bertz CT molecular complexity index is 978. The largest absolute Gasteiger partial charge is 0.481 e. The molecule has 5 aliphatic carbocycles. The molecule has 0 spiro atoms. The highest BCUT2D eigenvalue weighted by molar-refractivity contribution is 5.85. The fraction of sp³-hybridized carbons (Fsp3) is 0.867. The van der Waals surface area contributed by atoms with Crippen molar-refractivity contribution in [1.82, 2.24) is 0 Å². The molecule has 0 aromatic carbocycles. The molecule has 0 amide bonds. The van der Waals surface area contributed by atoms with Crippen LogP contribution in [0.5, 0.6) is 0 Å². The SMILES string of the molecule is CC1(C)C(=O)CC[C@]2(C)C3=C(CC[C@@H]12)[C@@]1(C)CC[C@@]2(C)CC[C@@](C)(C(=O)O)C[C@H]2[C@]1(C)[C@H](O)C3. The van der Waals surface area contributed by atoms with Crippen molar-refractivity contribution in [2.24, 2.45) is 44.3 Å². The molecule has 8 atom stereocenters. The number of hydrogen-bond acceptors (Lipinski definition) is 3. The molecule has 5 aliphatic rings. The van der Waals surface area contributed by atoms with E-state index in [0.29, 0.717) is 31.0 Å². The van der Waals surface area contributed by atoms with Gasteiger partial charge in [0.15, 0.2) is 0 Å². The van der Waals surface area contributed by atoms with Gasteiger partial charge in [0.05, 0.1) is 11.5 Å². The van der Waals surface area contributed by atoms with Gasteiger partial charge in [0.2, 0.25) is 0 Å². The van der Waals surface area contributed by atoms with E-state index in [-0.39, 0.29) is 33.0 Å². The number of aliphatic carboxylic acids is 1. The lowest BCUT2D eigenvalue weighted by atomic mass is 9.34. The molecule has 0 aliphatic heterocycles. The van der Waals surface area contributed by atoms with Crippen LogP contribution in [0.2, 0.25) is 0 Å². The maximum atomic E-state index is 12.9. The Morgan fingerprint density at radius 2 is 1.50 bits per heavy atom. The van der Waals surface area contributed by atoms with E-state index < -0.39 is 17.5 Å². The van der Waals surface area contributed by atoms with Crippen molar-refractivity contribution in [3.8, 4) is 0 Å². The number of carbonyl (C=O) groups excluding carboxylic acids is 1. The van der Waals surface area contributed by atoms with E-state index in [1.54, 1.807) is 5.57 Å². The molecule has 4 nitrogen and oxygen atoms in total. The van der Waals surface area contributed by atoms with Crippen LogP contribution in [0.1, 0.15) is 113 Å². The molecular weight excluding hydrogens is 424 g/mol. The molecule has 0 saturated heterocycles. The Kier molecular flexibility index (Phi) is 5.04. The zero-order valence-electron chi connectivity index (χ0n) is 22.5. The first-order valence-electron chi connectivity index (χ1n) is 13.7. The van der Waals surface area contributed by atoms with Gasteiger partial charge in [0.1, 0.15) is 5.78 Å². The van der Waals surface area contributed by atoms with Gasteiger partial charge in [-0.1, -0.05) is 52.7 Å². The molecule has 0 aromatic heterocycles. The average Bonchev–Trinajstić information content (AvgIpc) is 2.76. The summed E-state index contributed by atoms with van der Waals surface area (Å²) in [5, 5.41) is 22.2. The number of ketones is 1. The second-order valence-corrected chi connectivity index (χ2v) is 14.7. The molecule has 3 saturated carbocycles. The summed E-state index contributed by atoms with van der Waals surface area (Å²) >= 11 is 0. The van der Waals surface area contributed by atoms with E-state index in [4.69, 9.17) is 0 Å². The molecule has 5 rings (SSSR count). The normalized spacial score (nSPS) is 52.2. The van der Waals surface area contributed by atoms with Crippen LogP contribution in [0.15, 0.2) is 11.1 Å².